The summed E-state index contributed by atoms with van der Waals surface area (Å²) in [6, 6.07) is 5.16. The second kappa shape index (κ2) is 16.5. The van der Waals surface area contributed by atoms with Gasteiger partial charge >= 0.3 is 12.1 Å². The van der Waals surface area contributed by atoms with Crippen LogP contribution in [0, 0.1) is 0 Å². The van der Waals surface area contributed by atoms with Crippen molar-refractivity contribution in [2.24, 2.45) is 0 Å². The predicted molar refractivity (Wildman–Crippen MR) is 148 cm³/mol. The topological polar surface area (TPSA) is 114 Å². The molecule has 0 bridgehead atoms. The highest BCUT2D eigenvalue weighted by atomic mass is 16.6. The van der Waals surface area contributed by atoms with Gasteiger partial charge in [-0.2, -0.15) is 0 Å². The van der Waals surface area contributed by atoms with E-state index in [1.54, 1.807) is 52.0 Å². The molecule has 0 aliphatic heterocycles. The minimum atomic E-state index is -1.04. The van der Waals surface area contributed by atoms with Crippen LogP contribution in [0.4, 0.5) is 4.79 Å². The molecule has 38 heavy (non-hydrogen) atoms. The van der Waals surface area contributed by atoms with Crippen molar-refractivity contribution in [2.45, 2.75) is 90.8 Å². The third kappa shape index (κ3) is 11.8. The van der Waals surface area contributed by atoms with Gasteiger partial charge in [0.1, 0.15) is 24.2 Å². The zero-order valence-electron chi connectivity index (χ0n) is 23.8. The van der Waals surface area contributed by atoms with Crippen LogP contribution in [0.2, 0.25) is 0 Å². The quantitative estimate of drug-likeness (QED) is 0.249. The number of rotatable bonds is 15. The number of ether oxygens (including phenoxy) is 2. The van der Waals surface area contributed by atoms with Crippen LogP contribution >= 0.6 is 0 Å². The van der Waals surface area contributed by atoms with E-state index >= 15 is 0 Å². The van der Waals surface area contributed by atoms with Crippen LogP contribution in [-0.4, -0.2) is 60.6 Å². The van der Waals surface area contributed by atoms with Gasteiger partial charge in [-0.25, -0.2) is 4.79 Å². The minimum absolute atomic E-state index is 0.292. The molecule has 0 radical (unpaired) electrons. The van der Waals surface area contributed by atoms with E-state index in [1.807, 2.05) is 6.07 Å². The SMILES string of the molecule is C=Cc1cccc(C(C(=O)NCC(=O)OC)N(CCCCCCCC)C(=O)C(C)NC(=O)OC(C)(C)C)c1. The Labute approximate surface area is 227 Å². The number of carbonyl (C=O) groups is 4. The second-order valence-electron chi connectivity index (χ2n) is 10.2. The Bertz CT molecular complexity index is 940. The number of nitrogens with zero attached hydrogens (tertiary/aromatic N) is 1. The monoisotopic (exact) mass is 531 g/mol. The molecule has 2 unspecified atom stereocenters. The molecule has 0 fully saturated rings. The van der Waals surface area contributed by atoms with Crippen molar-refractivity contribution in [3.8, 4) is 0 Å². The van der Waals surface area contributed by atoms with Gasteiger partial charge in [0.05, 0.1) is 7.11 Å². The normalized spacial score (nSPS) is 12.6. The summed E-state index contributed by atoms with van der Waals surface area (Å²) in [5.74, 6) is -1.57. The van der Waals surface area contributed by atoms with Crippen LogP contribution in [-0.2, 0) is 23.9 Å². The molecule has 1 aromatic rings. The number of unbranched alkanes of at least 4 members (excludes halogenated alkanes) is 5. The molecule has 2 N–H and O–H groups in total. The smallest absolute Gasteiger partial charge is 0.408 e. The number of hydrogen-bond acceptors (Lipinski definition) is 6. The number of amides is 3. The van der Waals surface area contributed by atoms with Crippen LogP contribution in [0.25, 0.3) is 6.08 Å². The zero-order valence-corrected chi connectivity index (χ0v) is 23.8. The van der Waals surface area contributed by atoms with E-state index in [0.29, 0.717) is 18.5 Å². The van der Waals surface area contributed by atoms with Crippen molar-refractivity contribution >= 4 is 30.0 Å². The Morgan fingerprint density at radius 3 is 2.34 bits per heavy atom. The molecule has 0 spiro atoms. The number of benzene rings is 1. The maximum atomic E-state index is 13.7. The van der Waals surface area contributed by atoms with Gasteiger partial charge in [0.15, 0.2) is 0 Å². The van der Waals surface area contributed by atoms with Crippen LogP contribution in [0.1, 0.15) is 90.3 Å². The molecule has 9 nitrogen and oxygen atoms in total. The number of esters is 1. The fourth-order valence-electron chi connectivity index (χ4n) is 3.88. The van der Waals surface area contributed by atoms with Gasteiger partial charge < -0.3 is 25.0 Å². The largest absolute Gasteiger partial charge is 0.468 e. The number of alkyl carbamates (subject to hydrolysis) is 1. The zero-order chi connectivity index (χ0) is 28.7. The Morgan fingerprint density at radius 2 is 1.74 bits per heavy atom. The average Bonchev–Trinajstić information content (AvgIpc) is 2.86. The Balaban J connectivity index is 3.32. The van der Waals surface area contributed by atoms with Gasteiger partial charge in [-0.1, -0.05) is 69.9 Å². The lowest BCUT2D eigenvalue weighted by atomic mass is 10.00. The van der Waals surface area contributed by atoms with Gasteiger partial charge in [0, 0.05) is 6.54 Å². The molecular weight excluding hydrogens is 486 g/mol. The molecule has 0 saturated heterocycles. The van der Waals surface area contributed by atoms with Crippen molar-refractivity contribution in [3.63, 3.8) is 0 Å². The van der Waals surface area contributed by atoms with E-state index in [1.165, 1.54) is 12.0 Å². The van der Waals surface area contributed by atoms with Gasteiger partial charge in [0.25, 0.3) is 0 Å². The van der Waals surface area contributed by atoms with Crippen molar-refractivity contribution in [3.05, 3.63) is 42.0 Å². The number of nitrogens with one attached hydrogen (secondary N) is 2. The Kier molecular flexibility index (Phi) is 14.2. The molecule has 0 saturated carbocycles. The first kappa shape index (κ1) is 32.7. The fourth-order valence-corrected chi connectivity index (χ4v) is 3.88. The fraction of sp³-hybridized carbons (Fsp3) is 0.586. The van der Waals surface area contributed by atoms with Gasteiger partial charge in [0.2, 0.25) is 11.8 Å². The van der Waals surface area contributed by atoms with Gasteiger partial charge in [-0.05, 0) is 51.3 Å². The van der Waals surface area contributed by atoms with E-state index in [9.17, 15) is 19.2 Å². The van der Waals surface area contributed by atoms with Crippen LogP contribution in [0.3, 0.4) is 0 Å². The average molecular weight is 532 g/mol. The first-order valence-corrected chi connectivity index (χ1v) is 13.3. The van der Waals surface area contributed by atoms with E-state index < -0.39 is 41.6 Å². The molecule has 0 heterocycles. The first-order valence-electron chi connectivity index (χ1n) is 13.3. The standard InChI is InChI=1S/C29H45N3O6/c1-8-10-11-12-13-14-18-32(27(35)21(3)31-28(36)38-29(4,5)6)25(26(34)30-20-24(33)37-7)23-17-15-16-22(9-2)19-23/h9,15-17,19,21,25H,2,8,10-14,18,20H2,1,3-7H3,(H,30,34)(H,31,36). The lowest BCUT2D eigenvalue weighted by molar-refractivity contribution is -0.144. The summed E-state index contributed by atoms with van der Waals surface area (Å²) in [7, 11) is 1.23. The molecule has 0 aliphatic rings. The summed E-state index contributed by atoms with van der Waals surface area (Å²) >= 11 is 0. The number of hydrogen-bond donors (Lipinski definition) is 2. The minimum Gasteiger partial charge on any atom is -0.468 e. The molecular formula is C29H45N3O6. The second-order valence-corrected chi connectivity index (χ2v) is 10.2. The van der Waals surface area contributed by atoms with Crippen LogP contribution in [0.15, 0.2) is 30.8 Å². The van der Waals surface area contributed by atoms with E-state index in [-0.39, 0.29) is 6.54 Å². The molecule has 9 heteroatoms. The maximum absolute atomic E-state index is 13.7. The van der Waals surface area contributed by atoms with Crippen LogP contribution < -0.4 is 10.6 Å². The lowest BCUT2D eigenvalue weighted by Crippen LogP contribution is -2.52. The van der Waals surface area contributed by atoms with Crippen molar-refractivity contribution in [1.29, 1.82) is 0 Å². The molecule has 212 valence electrons. The van der Waals surface area contributed by atoms with Crippen LogP contribution in [0.5, 0.6) is 0 Å². The van der Waals surface area contributed by atoms with Crippen molar-refractivity contribution < 1.29 is 28.7 Å². The summed E-state index contributed by atoms with van der Waals surface area (Å²) in [6.45, 7) is 12.7. The molecule has 3 amide bonds. The Morgan fingerprint density at radius 1 is 1.08 bits per heavy atom. The maximum Gasteiger partial charge on any atom is 0.408 e. The number of carbonyl (C=O) groups excluding carboxylic acids is 4. The summed E-state index contributed by atoms with van der Waals surface area (Å²) in [5, 5.41) is 5.18. The summed E-state index contributed by atoms with van der Waals surface area (Å²) < 4.78 is 9.97. The van der Waals surface area contributed by atoms with E-state index in [0.717, 1.165) is 37.7 Å². The molecule has 2 atom stereocenters. The molecule has 0 aromatic heterocycles. The molecule has 1 aromatic carbocycles. The van der Waals surface area contributed by atoms with Gasteiger partial charge in [-0.15, -0.1) is 0 Å². The third-order valence-electron chi connectivity index (χ3n) is 5.80. The van der Waals surface area contributed by atoms with E-state index in [2.05, 4.69) is 28.9 Å². The highest BCUT2D eigenvalue weighted by molar-refractivity contribution is 5.93. The third-order valence-corrected chi connectivity index (χ3v) is 5.80. The first-order chi connectivity index (χ1) is 17.9. The Hall–Kier alpha value is -3.36. The highest BCUT2D eigenvalue weighted by Crippen LogP contribution is 2.25. The number of methoxy groups -OCH3 is 1. The van der Waals surface area contributed by atoms with Crippen molar-refractivity contribution in [2.75, 3.05) is 20.2 Å². The predicted octanol–water partition coefficient (Wildman–Crippen LogP) is 4.76. The summed E-state index contributed by atoms with van der Waals surface area (Å²) in [4.78, 5) is 52.8. The lowest BCUT2D eigenvalue weighted by Gasteiger charge is -2.34. The van der Waals surface area contributed by atoms with Crippen molar-refractivity contribution in [1.82, 2.24) is 15.5 Å². The summed E-state index contributed by atoms with van der Waals surface area (Å²) in [5.41, 5.74) is 0.612. The summed E-state index contributed by atoms with van der Waals surface area (Å²) in [6.07, 6.45) is 6.89. The van der Waals surface area contributed by atoms with E-state index in [4.69, 9.17) is 4.74 Å². The molecule has 0 aliphatic carbocycles. The highest BCUT2D eigenvalue weighted by Gasteiger charge is 2.34. The molecule has 1 rings (SSSR count). The van der Waals surface area contributed by atoms with Gasteiger partial charge in [-0.3, -0.25) is 14.4 Å².